The molecular weight excluding hydrogens is 264 g/mol. The first kappa shape index (κ1) is 10.5. The number of nitrogens with zero attached hydrogens (tertiary/aromatic N) is 3. The van der Waals surface area contributed by atoms with Gasteiger partial charge in [0.05, 0.1) is 11.9 Å². The van der Waals surface area contributed by atoms with Gasteiger partial charge in [0.2, 0.25) is 10.1 Å². The van der Waals surface area contributed by atoms with Crippen molar-refractivity contribution in [3.05, 3.63) is 23.0 Å². The number of hydrogen-bond acceptors (Lipinski definition) is 5. The SMILES string of the molecule is c1cc(-c2cnc3sc(NCC4CC4)nn23)cs1. The second-order valence-corrected chi connectivity index (χ2v) is 6.32. The average molecular weight is 276 g/mol. The van der Waals surface area contributed by atoms with E-state index in [4.69, 9.17) is 0 Å². The van der Waals surface area contributed by atoms with Gasteiger partial charge in [-0.3, -0.25) is 0 Å². The zero-order chi connectivity index (χ0) is 11.9. The molecule has 3 aromatic rings. The van der Waals surface area contributed by atoms with E-state index in [0.29, 0.717) is 0 Å². The minimum atomic E-state index is 0.859. The fraction of sp³-hybridized carbons (Fsp3) is 0.333. The van der Waals surface area contributed by atoms with Gasteiger partial charge in [0.1, 0.15) is 0 Å². The summed E-state index contributed by atoms with van der Waals surface area (Å²) in [5, 5.41) is 13.2. The van der Waals surface area contributed by atoms with E-state index in [1.54, 1.807) is 22.7 Å². The van der Waals surface area contributed by atoms with Crippen LogP contribution >= 0.6 is 22.7 Å². The second kappa shape index (κ2) is 4.07. The summed E-state index contributed by atoms with van der Waals surface area (Å²) in [7, 11) is 0. The second-order valence-electron chi connectivity index (χ2n) is 4.58. The summed E-state index contributed by atoms with van der Waals surface area (Å²) in [6.07, 6.45) is 4.61. The van der Waals surface area contributed by atoms with Gasteiger partial charge in [-0.1, -0.05) is 11.3 Å². The van der Waals surface area contributed by atoms with Gasteiger partial charge in [0, 0.05) is 17.5 Å². The van der Waals surface area contributed by atoms with E-state index in [1.165, 1.54) is 18.4 Å². The minimum absolute atomic E-state index is 0.859. The van der Waals surface area contributed by atoms with Crippen molar-refractivity contribution in [1.82, 2.24) is 14.6 Å². The lowest BCUT2D eigenvalue weighted by molar-refractivity contribution is 0.875. The highest BCUT2D eigenvalue weighted by Crippen LogP contribution is 2.31. The van der Waals surface area contributed by atoms with E-state index in [0.717, 1.165) is 28.2 Å². The molecule has 0 aromatic carbocycles. The molecular formula is C12H12N4S2. The molecule has 4 rings (SSSR count). The summed E-state index contributed by atoms with van der Waals surface area (Å²) in [6.45, 7) is 1.05. The van der Waals surface area contributed by atoms with Gasteiger partial charge >= 0.3 is 0 Å². The van der Waals surface area contributed by atoms with Gasteiger partial charge < -0.3 is 5.32 Å². The topological polar surface area (TPSA) is 42.2 Å². The molecule has 1 aliphatic rings. The van der Waals surface area contributed by atoms with E-state index in [2.05, 4.69) is 32.2 Å². The van der Waals surface area contributed by atoms with Crippen LogP contribution in [-0.2, 0) is 0 Å². The predicted molar refractivity (Wildman–Crippen MR) is 75.4 cm³/mol. The normalized spacial score (nSPS) is 15.3. The molecule has 4 nitrogen and oxygen atoms in total. The molecule has 1 fully saturated rings. The van der Waals surface area contributed by atoms with Gasteiger partial charge in [-0.2, -0.15) is 11.3 Å². The Morgan fingerprint density at radius 3 is 3.17 bits per heavy atom. The third kappa shape index (κ3) is 1.81. The monoisotopic (exact) mass is 276 g/mol. The number of fused-ring (bicyclic) bond motifs is 1. The Morgan fingerprint density at radius 1 is 1.44 bits per heavy atom. The quantitative estimate of drug-likeness (QED) is 0.794. The maximum absolute atomic E-state index is 4.59. The Hall–Kier alpha value is -1.40. The third-order valence-corrected chi connectivity index (χ3v) is 4.70. The molecule has 0 atom stereocenters. The lowest BCUT2D eigenvalue weighted by atomic mass is 10.3. The van der Waals surface area contributed by atoms with Gasteiger partial charge in [0.15, 0.2) is 0 Å². The first-order valence-corrected chi connectivity index (χ1v) is 7.77. The molecule has 18 heavy (non-hydrogen) atoms. The summed E-state index contributed by atoms with van der Waals surface area (Å²) >= 11 is 3.31. The van der Waals surface area contributed by atoms with Crippen molar-refractivity contribution in [3.63, 3.8) is 0 Å². The highest BCUT2D eigenvalue weighted by Gasteiger charge is 2.21. The highest BCUT2D eigenvalue weighted by atomic mass is 32.1. The Balaban J connectivity index is 1.67. The van der Waals surface area contributed by atoms with E-state index < -0.39 is 0 Å². The molecule has 0 spiro atoms. The molecule has 92 valence electrons. The van der Waals surface area contributed by atoms with Crippen LogP contribution in [0.3, 0.4) is 0 Å². The number of imidazole rings is 1. The third-order valence-electron chi connectivity index (χ3n) is 3.14. The molecule has 1 N–H and O–H groups in total. The molecule has 0 radical (unpaired) electrons. The van der Waals surface area contributed by atoms with Crippen LogP contribution in [0.25, 0.3) is 16.2 Å². The van der Waals surface area contributed by atoms with Crippen LogP contribution in [0.4, 0.5) is 5.13 Å². The van der Waals surface area contributed by atoms with Crippen molar-refractivity contribution in [2.75, 3.05) is 11.9 Å². The lowest BCUT2D eigenvalue weighted by Gasteiger charge is -1.98. The summed E-state index contributed by atoms with van der Waals surface area (Å²) in [4.78, 5) is 5.37. The van der Waals surface area contributed by atoms with Crippen LogP contribution < -0.4 is 5.32 Å². The molecule has 3 aromatic heterocycles. The van der Waals surface area contributed by atoms with Crippen molar-refractivity contribution in [1.29, 1.82) is 0 Å². The molecule has 6 heteroatoms. The summed E-state index contributed by atoms with van der Waals surface area (Å²) in [5.74, 6) is 0.859. The van der Waals surface area contributed by atoms with Gasteiger partial charge in [0.25, 0.3) is 0 Å². The Kier molecular flexibility index (Phi) is 2.38. The van der Waals surface area contributed by atoms with E-state index in [-0.39, 0.29) is 0 Å². The smallest absolute Gasteiger partial charge is 0.214 e. The van der Waals surface area contributed by atoms with E-state index in [9.17, 15) is 0 Å². The van der Waals surface area contributed by atoms with Gasteiger partial charge in [-0.05, 0) is 30.2 Å². The predicted octanol–water partition coefficient (Wildman–Crippen LogP) is 3.34. The van der Waals surface area contributed by atoms with E-state index >= 15 is 0 Å². The van der Waals surface area contributed by atoms with Crippen LogP contribution in [0.15, 0.2) is 23.0 Å². The maximum Gasteiger partial charge on any atom is 0.214 e. The van der Waals surface area contributed by atoms with Crippen molar-refractivity contribution >= 4 is 32.8 Å². The number of anilines is 1. The van der Waals surface area contributed by atoms with Crippen molar-refractivity contribution in [2.24, 2.45) is 5.92 Å². The number of aromatic nitrogens is 3. The molecule has 3 heterocycles. The maximum atomic E-state index is 4.59. The Morgan fingerprint density at radius 2 is 2.39 bits per heavy atom. The summed E-state index contributed by atoms with van der Waals surface area (Å²) < 4.78 is 1.93. The zero-order valence-corrected chi connectivity index (χ0v) is 11.3. The molecule has 0 unspecified atom stereocenters. The molecule has 0 aliphatic heterocycles. The first-order valence-electron chi connectivity index (χ1n) is 6.01. The first-order chi connectivity index (χ1) is 8.90. The van der Waals surface area contributed by atoms with Crippen LogP contribution in [0.2, 0.25) is 0 Å². The molecule has 0 saturated heterocycles. The molecule has 1 saturated carbocycles. The average Bonchev–Trinajstić information content (AvgIpc) is 2.81. The largest absolute Gasteiger partial charge is 0.360 e. The summed E-state index contributed by atoms with van der Waals surface area (Å²) in [6, 6.07) is 2.10. The minimum Gasteiger partial charge on any atom is -0.360 e. The fourth-order valence-corrected chi connectivity index (χ4v) is 3.36. The molecule has 0 amide bonds. The standard InChI is InChI=1S/C12H12N4S2/c1-2-8(1)5-13-11-15-16-10(6-14-12(16)18-11)9-3-4-17-7-9/h3-4,6-8H,1-2,5H2,(H,13,15). The summed E-state index contributed by atoms with van der Waals surface area (Å²) in [5.41, 5.74) is 2.26. The Bertz CT molecular complexity index is 663. The van der Waals surface area contributed by atoms with Crippen LogP contribution in [0.1, 0.15) is 12.8 Å². The van der Waals surface area contributed by atoms with Crippen LogP contribution in [0, 0.1) is 5.92 Å². The van der Waals surface area contributed by atoms with Gasteiger partial charge in [-0.15, -0.1) is 5.10 Å². The number of thiophene rings is 1. The molecule has 0 bridgehead atoms. The van der Waals surface area contributed by atoms with E-state index in [1.807, 2.05) is 10.7 Å². The fourth-order valence-electron chi connectivity index (χ4n) is 1.92. The van der Waals surface area contributed by atoms with Crippen LogP contribution in [-0.4, -0.2) is 21.1 Å². The van der Waals surface area contributed by atoms with Crippen molar-refractivity contribution < 1.29 is 0 Å². The van der Waals surface area contributed by atoms with Gasteiger partial charge in [-0.25, -0.2) is 9.50 Å². The highest BCUT2D eigenvalue weighted by molar-refractivity contribution is 7.20. The molecule has 1 aliphatic carbocycles. The lowest BCUT2D eigenvalue weighted by Crippen LogP contribution is -2.03. The van der Waals surface area contributed by atoms with Crippen LogP contribution in [0.5, 0.6) is 0 Å². The number of hydrogen-bond donors (Lipinski definition) is 1. The number of rotatable bonds is 4. The van der Waals surface area contributed by atoms with Crippen molar-refractivity contribution in [3.8, 4) is 11.3 Å². The zero-order valence-electron chi connectivity index (χ0n) is 9.67. The van der Waals surface area contributed by atoms with Crippen molar-refractivity contribution in [2.45, 2.75) is 12.8 Å². The number of nitrogens with one attached hydrogen (secondary N) is 1. The Labute approximate surface area is 112 Å².